The van der Waals surface area contributed by atoms with E-state index in [-0.39, 0.29) is 5.69 Å². The first-order chi connectivity index (χ1) is 17.3. The second-order valence-corrected chi connectivity index (χ2v) is 8.12. The van der Waals surface area contributed by atoms with Crippen LogP contribution in [0.4, 0.5) is 14.5 Å². The van der Waals surface area contributed by atoms with Crippen molar-refractivity contribution in [2.24, 2.45) is 0 Å². The van der Waals surface area contributed by atoms with Crippen LogP contribution in [-0.4, -0.2) is 27.2 Å². The molecule has 1 N–H and O–H groups in total. The fourth-order valence-corrected chi connectivity index (χ4v) is 4.13. The third kappa shape index (κ3) is 4.62. The molecule has 0 saturated carbocycles. The van der Waals surface area contributed by atoms with Crippen molar-refractivity contribution >= 4 is 28.1 Å². The quantitative estimate of drug-likeness (QED) is 0.288. The summed E-state index contributed by atoms with van der Waals surface area (Å²) in [6.45, 7) is 3.62. The molecule has 4 aromatic rings. The summed E-state index contributed by atoms with van der Waals surface area (Å²) in [5.74, 6) is -0.417. The average molecular weight is 494 g/mol. The number of fused-ring (bicyclic) bond motifs is 1. The van der Waals surface area contributed by atoms with Gasteiger partial charge in [0.1, 0.15) is 23.0 Å². The van der Waals surface area contributed by atoms with E-state index in [1.807, 2.05) is 31.2 Å². The minimum atomic E-state index is -0.859. The molecule has 1 aromatic heterocycles. The van der Waals surface area contributed by atoms with Crippen LogP contribution in [0.15, 0.2) is 59.2 Å². The van der Waals surface area contributed by atoms with Gasteiger partial charge in [-0.3, -0.25) is 4.79 Å². The molecule has 0 aliphatic heterocycles. The largest absolute Gasteiger partial charge is 0.496 e. The summed E-state index contributed by atoms with van der Waals surface area (Å²) in [7, 11) is 4.68. The molecule has 0 bridgehead atoms. The second kappa shape index (κ2) is 10.1. The minimum Gasteiger partial charge on any atom is -0.496 e. The molecule has 186 valence electrons. The topological polar surface area (TPSA) is 69.9 Å². The van der Waals surface area contributed by atoms with E-state index in [0.717, 1.165) is 28.1 Å². The van der Waals surface area contributed by atoms with Crippen LogP contribution in [0.5, 0.6) is 17.2 Å². The number of rotatable bonds is 7. The molecule has 0 spiro atoms. The lowest BCUT2D eigenvalue weighted by Crippen LogP contribution is -2.10. The first-order valence-corrected chi connectivity index (χ1v) is 11.0. The van der Waals surface area contributed by atoms with Gasteiger partial charge in [-0.05, 0) is 55.3 Å². The summed E-state index contributed by atoms with van der Waals surface area (Å²) >= 11 is 0. The van der Waals surface area contributed by atoms with Crippen LogP contribution < -0.4 is 19.5 Å². The van der Waals surface area contributed by atoms with Gasteiger partial charge in [0.2, 0.25) is 5.91 Å². The number of hydrogen-bond acceptors (Lipinski definition) is 5. The van der Waals surface area contributed by atoms with E-state index in [9.17, 15) is 13.6 Å². The monoisotopic (exact) mass is 493 g/mol. The molecule has 36 heavy (non-hydrogen) atoms. The molecule has 0 fully saturated rings. The SMILES string of the molecule is COc1ccc(-c2coc3c(C)c(OC)c(/C(C)=C/C(=O)Nc4ccc(F)cc4F)cc23)cc1OC. The maximum Gasteiger partial charge on any atom is 0.248 e. The number of amides is 1. The Kier molecular flexibility index (Phi) is 6.96. The molecule has 8 heteroatoms. The molecule has 3 aromatic carbocycles. The molecule has 0 aliphatic carbocycles. The Hall–Kier alpha value is -4.33. The van der Waals surface area contributed by atoms with E-state index < -0.39 is 17.5 Å². The standard InChI is InChI=1S/C28H25F2NO5/c1-15(10-26(32)31-23-8-7-18(29)12-22(23)30)19-13-20-21(14-36-28(20)16(2)27(19)35-5)17-6-9-24(33-3)25(11-17)34-4/h6-14H,1-5H3,(H,31,32)/b15-10+. The van der Waals surface area contributed by atoms with Gasteiger partial charge < -0.3 is 23.9 Å². The number of allylic oxidation sites excluding steroid dienone is 1. The van der Waals surface area contributed by atoms with Crippen LogP contribution in [0, 0.1) is 18.6 Å². The molecule has 1 heterocycles. The molecule has 0 saturated heterocycles. The van der Waals surface area contributed by atoms with Gasteiger partial charge in [0.25, 0.3) is 0 Å². The van der Waals surface area contributed by atoms with Gasteiger partial charge in [0, 0.05) is 34.2 Å². The Morgan fingerprint density at radius 2 is 1.72 bits per heavy atom. The van der Waals surface area contributed by atoms with Crippen molar-refractivity contribution in [1.82, 2.24) is 0 Å². The Morgan fingerprint density at radius 1 is 0.972 bits per heavy atom. The van der Waals surface area contributed by atoms with Crippen molar-refractivity contribution < 1.29 is 32.2 Å². The highest BCUT2D eigenvalue weighted by atomic mass is 19.1. The zero-order chi connectivity index (χ0) is 26.0. The van der Waals surface area contributed by atoms with E-state index in [1.54, 1.807) is 27.4 Å². The number of hydrogen-bond donors (Lipinski definition) is 1. The predicted molar refractivity (Wildman–Crippen MR) is 135 cm³/mol. The highest BCUT2D eigenvalue weighted by Crippen LogP contribution is 2.42. The van der Waals surface area contributed by atoms with Gasteiger partial charge >= 0.3 is 0 Å². The van der Waals surface area contributed by atoms with E-state index >= 15 is 0 Å². The molecule has 1 amide bonds. The first-order valence-electron chi connectivity index (χ1n) is 11.0. The summed E-state index contributed by atoms with van der Waals surface area (Å²) in [6, 6.07) is 10.4. The van der Waals surface area contributed by atoms with Crippen LogP contribution in [0.25, 0.3) is 27.7 Å². The van der Waals surface area contributed by atoms with Gasteiger partial charge in [-0.1, -0.05) is 6.07 Å². The number of benzene rings is 3. The Bertz CT molecular complexity index is 1490. The highest BCUT2D eigenvalue weighted by Gasteiger charge is 2.20. The number of ether oxygens (including phenoxy) is 3. The lowest BCUT2D eigenvalue weighted by molar-refractivity contribution is -0.111. The Morgan fingerprint density at radius 3 is 2.39 bits per heavy atom. The van der Waals surface area contributed by atoms with Crippen LogP contribution in [0.1, 0.15) is 18.1 Å². The van der Waals surface area contributed by atoms with Crippen molar-refractivity contribution in [2.75, 3.05) is 26.6 Å². The molecule has 0 unspecified atom stereocenters. The minimum absolute atomic E-state index is 0.116. The number of aryl methyl sites for hydroxylation is 1. The van der Waals surface area contributed by atoms with Crippen molar-refractivity contribution in [1.29, 1.82) is 0 Å². The Balaban J connectivity index is 1.77. The van der Waals surface area contributed by atoms with E-state index in [4.69, 9.17) is 18.6 Å². The first kappa shape index (κ1) is 24.8. The number of carbonyl (C=O) groups is 1. The van der Waals surface area contributed by atoms with Gasteiger partial charge in [0.05, 0.1) is 33.3 Å². The second-order valence-electron chi connectivity index (χ2n) is 8.12. The molecule has 0 aliphatic rings. The normalized spacial score (nSPS) is 11.5. The van der Waals surface area contributed by atoms with Crippen molar-refractivity contribution in [2.45, 2.75) is 13.8 Å². The molecule has 6 nitrogen and oxygen atoms in total. The molecule has 4 rings (SSSR count). The van der Waals surface area contributed by atoms with E-state index in [1.165, 1.54) is 19.3 Å². The maximum absolute atomic E-state index is 14.0. The molecular weight excluding hydrogens is 468 g/mol. The van der Waals surface area contributed by atoms with Gasteiger partial charge in [-0.2, -0.15) is 0 Å². The number of carbonyl (C=O) groups excluding carboxylic acids is 1. The summed E-state index contributed by atoms with van der Waals surface area (Å²) in [4.78, 5) is 12.6. The van der Waals surface area contributed by atoms with Crippen LogP contribution in [0.2, 0.25) is 0 Å². The molecule has 0 atom stereocenters. The summed E-state index contributed by atoms with van der Waals surface area (Å²) in [5, 5.41) is 3.25. The van der Waals surface area contributed by atoms with Gasteiger partial charge in [0.15, 0.2) is 11.5 Å². The number of methoxy groups -OCH3 is 3. The van der Waals surface area contributed by atoms with Crippen molar-refractivity contribution in [3.05, 3.63) is 77.6 Å². The maximum atomic E-state index is 14.0. The average Bonchev–Trinajstić information content (AvgIpc) is 3.29. The lowest BCUT2D eigenvalue weighted by atomic mass is 9.96. The van der Waals surface area contributed by atoms with Crippen molar-refractivity contribution in [3.8, 4) is 28.4 Å². The van der Waals surface area contributed by atoms with Crippen LogP contribution >= 0.6 is 0 Å². The van der Waals surface area contributed by atoms with Gasteiger partial charge in [-0.25, -0.2) is 8.78 Å². The number of nitrogens with one attached hydrogen (secondary N) is 1. The van der Waals surface area contributed by atoms with Crippen molar-refractivity contribution in [3.63, 3.8) is 0 Å². The Labute approximate surface area is 207 Å². The summed E-state index contributed by atoms with van der Waals surface area (Å²) in [6.07, 6.45) is 2.99. The number of halogens is 2. The van der Waals surface area contributed by atoms with E-state index in [2.05, 4.69) is 5.32 Å². The zero-order valence-electron chi connectivity index (χ0n) is 20.5. The third-order valence-electron chi connectivity index (χ3n) is 5.90. The number of anilines is 1. The molecular formula is C28H25F2NO5. The fourth-order valence-electron chi connectivity index (χ4n) is 4.13. The summed E-state index contributed by atoms with van der Waals surface area (Å²) in [5.41, 5.74) is 4.21. The fraction of sp³-hybridized carbons (Fsp3) is 0.179. The smallest absolute Gasteiger partial charge is 0.248 e. The molecule has 0 radical (unpaired) electrons. The number of furan rings is 1. The summed E-state index contributed by atoms with van der Waals surface area (Å²) < 4.78 is 49.5. The van der Waals surface area contributed by atoms with Gasteiger partial charge in [-0.15, -0.1) is 0 Å². The third-order valence-corrected chi connectivity index (χ3v) is 5.90. The zero-order valence-corrected chi connectivity index (χ0v) is 20.5. The highest BCUT2D eigenvalue weighted by molar-refractivity contribution is 6.06. The van der Waals surface area contributed by atoms with Crippen LogP contribution in [-0.2, 0) is 4.79 Å². The van der Waals surface area contributed by atoms with E-state index in [0.29, 0.717) is 40.0 Å². The lowest BCUT2D eigenvalue weighted by Gasteiger charge is -2.14. The predicted octanol–water partition coefficient (Wildman–Crippen LogP) is 6.75. The van der Waals surface area contributed by atoms with Crippen LogP contribution in [0.3, 0.4) is 0 Å².